The molecule has 3 heteroatoms. The van der Waals surface area contributed by atoms with Crippen LogP contribution in [0, 0.1) is 0 Å². The minimum absolute atomic E-state index is 0.817. The van der Waals surface area contributed by atoms with Gasteiger partial charge in [0.05, 0.1) is 0 Å². The minimum Gasteiger partial charge on any atom is -0.317 e. The molecule has 15 heavy (non-hydrogen) atoms. The van der Waals surface area contributed by atoms with Crippen molar-refractivity contribution in [1.29, 1.82) is 0 Å². The lowest BCUT2D eigenvalue weighted by Gasteiger charge is -2.34. The maximum atomic E-state index is 3.47. The van der Waals surface area contributed by atoms with E-state index in [2.05, 4.69) is 42.7 Å². The van der Waals surface area contributed by atoms with Crippen LogP contribution in [0.4, 0.5) is 0 Å². The van der Waals surface area contributed by atoms with Gasteiger partial charge in [-0.15, -0.1) is 0 Å². The summed E-state index contributed by atoms with van der Waals surface area (Å²) in [7, 11) is 0. The smallest absolute Gasteiger partial charge is 0.0149 e. The van der Waals surface area contributed by atoms with E-state index in [0.29, 0.717) is 0 Å². The second-order valence-corrected chi connectivity index (χ2v) is 6.50. The number of nitrogens with zero attached hydrogens (tertiary/aromatic N) is 1. The van der Waals surface area contributed by atoms with Crippen LogP contribution in [0.15, 0.2) is 0 Å². The average Bonchev–Trinajstić information content (AvgIpc) is 2.16. The second kappa shape index (κ2) is 7.53. The molecule has 0 aromatic carbocycles. The Kier molecular flexibility index (Phi) is 6.69. The highest BCUT2D eigenvalue weighted by atomic mass is 32.2. The van der Waals surface area contributed by atoms with E-state index < -0.39 is 0 Å². The largest absolute Gasteiger partial charge is 0.317 e. The fraction of sp³-hybridized carbons (Fsp3) is 1.00. The van der Waals surface area contributed by atoms with Crippen LogP contribution in [0.1, 0.15) is 33.6 Å². The highest BCUT2D eigenvalue weighted by molar-refractivity contribution is 8.00. The molecule has 1 fully saturated rings. The summed E-state index contributed by atoms with van der Waals surface area (Å²) in [5.74, 6) is 0. The summed E-state index contributed by atoms with van der Waals surface area (Å²) in [5.41, 5.74) is 0. The second-order valence-electron chi connectivity index (χ2n) is 4.62. The SMILES string of the molecule is CCCNCCCN1CC(C)SC(C)C1. The van der Waals surface area contributed by atoms with Crippen LogP contribution in [0.3, 0.4) is 0 Å². The Morgan fingerprint density at radius 1 is 1.20 bits per heavy atom. The van der Waals surface area contributed by atoms with Gasteiger partial charge in [-0.05, 0) is 32.5 Å². The van der Waals surface area contributed by atoms with Crippen LogP contribution in [0.5, 0.6) is 0 Å². The van der Waals surface area contributed by atoms with E-state index in [-0.39, 0.29) is 0 Å². The van der Waals surface area contributed by atoms with E-state index in [4.69, 9.17) is 0 Å². The Morgan fingerprint density at radius 3 is 2.47 bits per heavy atom. The molecule has 2 nitrogen and oxygen atoms in total. The molecule has 0 aromatic rings. The van der Waals surface area contributed by atoms with E-state index in [1.807, 2.05) is 0 Å². The Labute approximate surface area is 99.2 Å². The first-order valence-electron chi connectivity index (χ1n) is 6.31. The molecule has 0 bridgehead atoms. The van der Waals surface area contributed by atoms with Crippen LogP contribution in [0.2, 0.25) is 0 Å². The Hall–Kier alpha value is 0.270. The van der Waals surface area contributed by atoms with E-state index in [1.165, 1.54) is 45.6 Å². The normalized spacial score (nSPS) is 28.2. The van der Waals surface area contributed by atoms with Gasteiger partial charge in [0.2, 0.25) is 0 Å². The summed E-state index contributed by atoms with van der Waals surface area (Å²) in [6.07, 6.45) is 2.54. The monoisotopic (exact) mass is 230 g/mol. The quantitative estimate of drug-likeness (QED) is 0.704. The lowest BCUT2D eigenvalue weighted by Crippen LogP contribution is -2.41. The zero-order valence-corrected chi connectivity index (χ0v) is 11.3. The van der Waals surface area contributed by atoms with Crippen LogP contribution in [-0.2, 0) is 0 Å². The minimum atomic E-state index is 0.817. The molecule has 0 saturated carbocycles. The lowest BCUT2D eigenvalue weighted by atomic mass is 10.3. The van der Waals surface area contributed by atoms with E-state index in [9.17, 15) is 0 Å². The zero-order valence-electron chi connectivity index (χ0n) is 10.5. The van der Waals surface area contributed by atoms with Gasteiger partial charge < -0.3 is 10.2 Å². The average molecular weight is 230 g/mol. The van der Waals surface area contributed by atoms with Crippen molar-refractivity contribution in [2.24, 2.45) is 0 Å². The first-order chi connectivity index (χ1) is 7.22. The highest BCUT2D eigenvalue weighted by Gasteiger charge is 2.21. The highest BCUT2D eigenvalue weighted by Crippen LogP contribution is 2.24. The summed E-state index contributed by atoms with van der Waals surface area (Å²) in [4.78, 5) is 2.62. The molecule has 0 aromatic heterocycles. The van der Waals surface area contributed by atoms with Crippen LogP contribution in [-0.4, -0.2) is 48.1 Å². The maximum absolute atomic E-state index is 3.47. The number of hydrogen-bond donors (Lipinski definition) is 1. The molecule has 1 rings (SSSR count). The number of thioether (sulfide) groups is 1. The van der Waals surface area contributed by atoms with Crippen molar-refractivity contribution < 1.29 is 0 Å². The Bertz CT molecular complexity index is 154. The molecule has 2 unspecified atom stereocenters. The van der Waals surface area contributed by atoms with Crippen LogP contribution in [0.25, 0.3) is 0 Å². The van der Waals surface area contributed by atoms with Crippen molar-refractivity contribution in [2.45, 2.75) is 44.1 Å². The molecule has 1 heterocycles. The lowest BCUT2D eigenvalue weighted by molar-refractivity contribution is 0.266. The third-order valence-electron chi connectivity index (χ3n) is 2.75. The van der Waals surface area contributed by atoms with Crippen molar-refractivity contribution >= 4 is 11.8 Å². The third kappa shape index (κ3) is 5.79. The van der Waals surface area contributed by atoms with E-state index >= 15 is 0 Å². The molecule has 1 aliphatic heterocycles. The van der Waals surface area contributed by atoms with Gasteiger partial charge in [-0.1, -0.05) is 20.8 Å². The molecule has 0 spiro atoms. The molecule has 1 N–H and O–H groups in total. The molecule has 90 valence electrons. The maximum Gasteiger partial charge on any atom is 0.0149 e. The predicted octanol–water partition coefficient (Wildman–Crippen LogP) is 2.20. The zero-order chi connectivity index (χ0) is 11.1. The van der Waals surface area contributed by atoms with Crippen molar-refractivity contribution in [3.05, 3.63) is 0 Å². The van der Waals surface area contributed by atoms with Crippen molar-refractivity contribution in [1.82, 2.24) is 10.2 Å². The van der Waals surface area contributed by atoms with Crippen molar-refractivity contribution in [3.8, 4) is 0 Å². The van der Waals surface area contributed by atoms with Crippen molar-refractivity contribution in [2.75, 3.05) is 32.7 Å². The van der Waals surface area contributed by atoms with Gasteiger partial charge in [0.1, 0.15) is 0 Å². The molecule has 0 radical (unpaired) electrons. The fourth-order valence-corrected chi connectivity index (χ4v) is 3.58. The molecule has 1 aliphatic rings. The number of rotatable bonds is 6. The first kappa shape index (κ1) is 13.3. The molecule has 0 amide bonds. The fourth-order valence-electron chi connectivity index (χ4n) is 2.20. The van der Waals surface area contributed by atoms with Gasteiger partial charge >= 0.3 is 0 Å². The van der Waals surface area contributed by atoms with Crippen molar-refractivity contribution in [3.63, 3.8) is 0 Å². The third-order valence-corrected chi connectivity index (χ3v) is 3.98. The Morgan fingerprint density at radius 2 is 1.87 bits per heavy atom. The summed E-state index contributed by atoms with van der Waals surface area (Å²) in [5, 5.41) is 5.10. The van der Waals surface area contributed by atoms with Crippen LogP contribution >= 0.6 is 11.8 Å². The predicted molar refractivity (Wildman–Crippen MR) is 70.7 cm³/mol. The topological polar surface area (TPSA) is 15.3 Å². The van der Waals surface area contributed by atoms with Gasteiger partial charge in [-0.25, -0.2) is 0 Å². The van der Waals surface area contributed by atoms with E-state index in [1.54, 1.807) is 0 Å². The Balaban J connectivity index is 2.04. The van der Waals surface area contributed by atoms with Gasteiger partial charge in [0.25, 0.3) is 0 Å². The number of nitrogens with one attached hydrogen (secondary N) is 1. The summed E-state index contributed by atoms with van der Waals surface area (Å²) in [6, 6.07) is 0. The summed E-state index contributed by atoms with van der Waals surface area (Å²) >= 11 is 2.14. The molecule has 1 saturated heterocycles. The molecule has 0 aliphatic carbocycles. The van der Waals surface area contributed by atoms with Gasteiger partial charge in [0, 0.05) is 23.6 Å². The molecular formula is C12H26N2S. The summed E-state index contributed by atoms with van der Waals surface area (Å²) < 4.78 is 0. The van der Waals surface area contributed by atoms with Crippen LogP contribution < -0.4 is 5.32 Å². The van der Waals surface area contributed by atoms with E-state index in [0.717, 1.165) is 10.5 Å². The first-order valence-corrected chi connectivity index (χ1v) is 7.25. The summed E-state index contributed by atoms with van der Waals surface area (Å²) in [6.45, 7) is 13.1. The van der Waals surface area contributed by atoms with Gasteiger partial charge in [-0.2, -0.15) is 11.8 Å². The van der Waals surface area contributed by atoms with Gasteiger partial charge in [0.15, 0.2) is 0 Å². The standard InChI is InChI=1S/C12H26N2S/c1-4-6-13-7-5-8-14-9-11(2)15-12(3)10-14/h11-13H,4-10H2,1-3H3. The molecular weight excluding hydrogens is 204 g/mol. The number of hydrogen-bond acceptors (Lipinski definition) is 3. The molecule has 2 atom stereocenters. The van der Waals surface area contributed by atoms with Gasteiger partial charge in [-0.3, -0.25) is 0 Å².